The van der Waals surface area contributed by atoms with Gasteiger partial charge in [0, 0.05) is 19.8 Å². The van der Waals surface area contributed by atoms with Crippen molar-refractivity contribution in [3.8, 4) is 0 Å². The molecule has 2 rings (SSSR count). The van der Waals surface area contributed by atoms with Crippen LogP contribution in [0.25, 0.3) is 0 Å². The van der Waals surface area contributed by atoms with Crippen molar-refractivity contribution >= 4 is 21.7 Å². The van der Waals surface area contributed by atoms with Crippen molar-refractivity contribution in [1.82, 2.24) is 4.57 Å². The van der Waals surface area contributed by atoms with E-state index in [0.29, 0.717) is 5.69 Å². The van der Waals surface area contributed by atoms with Crippen LogP contribution in [0.5, 0.6) is 0 Å². The third-order valence-electron chi connectivity index (χ3n) is 3.12. The third kappa shape index (κ3) is 2.78. The molecule has 0 unspecified atom stereocenters. The average molecular weight is 308 g/mol. The van der Waals surface area contributed by atoms with Gasteiger partial charge in [-0.25, -0.2) is 13.2 Å². The van der Waals surface area contributed by atoms with Gasteiger partial charge < -0.3 is 9.67 Å². The first kappa shape index (κ1) is 15.1. The van der Waals surface area contributed by atoms with Gasteiger partial charge in [-0.15, -0.1) is 0 Å². The molecule has 0 fully saturated rings. The summed E-state index contributed by atoms with van der Waals surface area (Å²) in [5.74, 6) is -1.17. The number of carboxylic acids is 1. The molecule has 0 saturated heterocycles. The van der Waals surface area contributed by atoms with Crippen LogP contribution in [0, 0.1) is 0 Å². The maximum atomic E-state index is 12.7. The van der Waals surface area contributed by atoms with Crippen molar-refractivity contribution in [2.45, 2.75) is 11.8 Å². The lowest BCUT2D eigenvalue weighted by atomic mass is 10.3. The Labute approximate surface area is 123 Å². The summed E-state index contributed by atoms with van der Waals surface area (Å²) in [7, 11) is -2.29. The quantitative estimate of drug-likeness (QED) is 0.915. The van der Waals surface area contributed by atoms with E-state index in [1.54, 1.807) is 37.3 Å². The van der Waals surface area contributed by atoms with Crippen LogP contribution >= 0.6 is 0 Å². The molecule has 0 bridgehead atoms. The Kier molecular flexibility index (Phi) is 4.04. The van der Waals surface area contributed by atoms with E-state index in [-0.39, 0.29) is 17.1 Å². The summed E-state index contributed by atoms with van der Waals surface area (Å²) in [5, 5.41) is 9.03. The molecule has 0 amide bonds. The summed E-state index contributed by atoms with van der Waals surface area (Å²) in [5.41, 5.74) is 0.471. The molecule has 112 valence electrons. The van der Waals surface area contributed by atoms with Crippen molar-refractivity contribution in [3.05, 3.63) is 48.3 Å². The molecule has 7 heteroatoms. The monoisotopic (exact) mass is 308 g/mol. The van der Waals surface area contributed by atoms with Gasteiger partial charge in [-0.1, -0.05) is 18.2 Å². The van der Waals surface area contributed by atoms with Crippen LogP contribution in [0.1, 0.15) is 17.4 Å². The number of sulfonamides is 1. The Morgan fingerprint density at radius 3 is 2.38 bits per heavy atom. The van der Waals surface area contributed by atoms with Crippen molar-refractivity contribution in [2.75, 3.05) is 10.8 Å². The molecule has 0 aliphatic rings. The van der Waals surface area contributed by atoms with Gasteiger partial charge in [0.25, 0.3) is 10.0 Å². The predicted molar refractivity (Wildman–Crippen MR) is 79.0 cm³/mol. The Morgan fingerprint density at radius 1 is 1.29 bits per heavy atom. The molecule has 1 N–H and O–H groups in total. The van der Waals surface area contributed by atoms with Crippen molar-refractivity contribution in [1.29, 1.82) is 0 Å². The summed E-state index contributed by atoms with van der Waals surface area (Å²) in [6.07, 6.45) is 1.31. The van der Waals surface area contributed by atoms with Gasteiger partial charge in [0.15, 0.2) is 0 Å². The molecular formula is C14H16N2O4S. The first-order chi connectivity index (χ1) is 9.87. The number of anilines is 1. The average Bonchev–Trinajstić information content (AvgIpc) is 2.83. The largest absolute Gasteiger partial charge is 0.477 e. The standard InChI is InChI=1S/C14H16N2O4S/c1-3-16(11-7-5-4-6-8-11)21(19,20)12-9-13(14(17)18)15(2)10-12/h4-10H,3H2,1-2H3,(H,17,18). The number of para-hydroxylation sites is 1. The molecular weight excluding hydrogens is 292 g/mol. The molecule has 0 saturated carbocycles. The minimum absolute atomic E-state index is 0.0342. The van der Waals surface area contributed by atoms with Gasteiger partial charge in [0.2, 0.25) is 0 Å². The number of aryl methyl sites for hydroxylation is 1. The van der Waals surface area contributed by atoms with Gasteiger partial charge >= 0.3 is 5.97 Å². The predicted octanol–water partition coefficient (Wildman–Crippen LogP) is 1.94. The van der Waals surface area contributed by atoms with Gasteiger partial charge in [0.05, 0.1) is 5.69 Å². The lowest BCUT2D eigenvalue weighted by molar-refractivity contribution is 0.0686. The van der Waals surface area contributed by atoms with E-state index in [1.807, 2.05) is 0 Å². The third-order valence-corrected chi connectivity index (χ3v) is 4.99. The van der Waals surface area contributed by atoms with Crippen molar-refractivity contribution in [3.63, 3.8) is 0 Å². The lowest BCUT2D eigenvalue weighted by Gasteiger charge is -2.22. The second kappa shape index (κ2) is 5.61. The zero-order chi connectivity index (χ0) is 15.6. The zero-order valence-corrected chi connectivity index (χ0v) is 12.5. The summed E-state index contributed by atoms with van der Waals surface area (Å²) < 4.78 is 27.9. The first-order valence-electron chi connectivity index (χ1n) is 6.35. The highest BCUT2D eigenvalue weighted by Gasteiger charge is 2.26. The molecule has 1 heterocycles. The first-order valence-corrected chi connectivity index (χ1v) is 7.79. The number of rotatable bonds is 5. The zero-order valence-electron chi connectivity index (χ0n) is 11.7. The molecule has 0 atom stereocenters. The second-order valence-electron chi connectivity index (χ2n) is 4.48. The topological polar surface area (TPSA) is 79.6 Å². The Morgan fingerprint density at radius 2 is 1.90 bits per heavy atom. The normalized spacial score (nSPS) is 11.3. The van der Waals surface area contributed by atoms with Crippen LogP contribution in [-0.2, 0) is 17.1 Å². The molecule has 21 heavy (non-hydrogen) atoms. The fourth-order valence-corrected chi connectivity index (χ4v) is 3.65. The van der Waals surface area contributed by atoms with Gasteiger partial charge in [-0.3, -0.25) is 4.31 Å². The smallest absolute Gasteiger partial charge is 0.352 e. The SMILES string of the molecule is CCN(c1ccccc1)S(=O)(=O)c1cc(C(=O)O)n(C)c1. The Balaban J connectivity index is 2.50. The maximum absolute atomic E-state index is 12.7. The molecule has 1 aromatic heterocycles. The van der Waals surface area contributed by atoms with Crippen molar-refractivity contribution in [2.24, 2.45) is 7.05 Å². The number of benzene rings is 1. The van der Waals surface area contributed by atoms with Gasteiger partial charge in [-0.05, 0) is 25.1 Å². The number of carbonyl (C=O) groups is 1. The van der Waals surface area contributed by atoms with Crippen LogP contribution in [-0.4, -0.2) is 30.6 Å². The molecule has 0 aliphatic carbocycles. The highest BCUT2D eigenvalue weighted by molar-refractivity contribution is 7.92. The fourth-order valence-electron chi connectivity index (χ4n) is 2.10. The van der Waals surface area contributed by atoms with E-state index < -0.39 is 16.0 Å². The molecule has 0 aliphatic heterocycles. The highest BCUT2D eigenvalue weighted by atomic mass is 32.2. The number of hydrogen-bond acceptors (Lipinski definition) is 3. The van der Waals surface area contributed by atoms with E-state index in [4.69, 9.17) is 5.11 Å². The van der Waals surface area contributed by atoms with Crippen LogP contribution < -0.4 is 4.31 Å². The maximum Gasteiger partial charge on any atom is 0.352 e. The second-order valence-corrected chi connectivity index (χ2v) is 6.34. The summed E-state index contributed by atoms with van der Waals surface area (Å²) in [6, 6.07) is 9.87. The van der Waals surface area contributed by atoms with E-state index >= 15 is 0 Å². The molecule has 0 radical (unpaired) electrons. The van der Waals surface area contributed by atoms with Crippen LogP contribution in [0.15, 0.2) is 47.5 Å². The highest BCUT2D eigenvalue weighted by Crippen LogP contribution is 2.24. The number of nitrogens with zero attached hydrogens (tertiary/aromatic N) is 2. The molecule has 0 spiro atoms. The van der Waals surface area contributed by atoms with Gasteiger partial charge in [0.1, 0.15) is 10.6 Å². The summed E-state index contributed by atoms with van der Waals surface area (Å²) >= 11 is 0. The number of hydrogen-bond donors (Lipinski definition) is 1. The van der Waals surface area contributed by atoms with Crippen LogP contribution in [0.2, 0.25) is 0 Å². The lowest BCUT2D eigenvalue weighted by Crippen LogP contribution is -2.30. The summed E-state index contributed by atoms with van der Waals surface area (Å²) in [4.78, 5) is 11.0. The molecule has 6 nitrogen and oxygen atoms in total. The summed E-state index contributed by atoms with van der Waals surface area (Å²) in [6.45, 7) is 1.98. The van der Waals surface area contributed by atoms with E-state index in [0.717, 1.165) is 0 Å². The Bertz CT molecular complexity index is 751. The Hall–Kier alpha value is -2.28. The van der Waals surface area contributed by atoms with Crippen LogP contribution in [0.3, 0.4) is 0 Å². The van der Waals surface area contributed by atoms with Crippen LogP contribution in [0.4, 0.5) is 5.69 Å². The number of aromatic carboxylic acids is 1. The minimum Gasteiger partial charge on any atom is -0.477 e. The minimum atomic E-state index is -3.79. The van der Waals surface area contributed by atoms with Gasteiger partial charge in [-0.2, -0.15) is 0 Å². The van der Waals surface area contributed by atoms with E-state index in [2.05, 4.69) is 0 Å². The number of aromatic nitrogens is 1. The number of carboxylic acid groups (broad SMARTS) is 1. The van der Waals surface area contributed by atoms with Crippen molar-refractivity contribution < 1.29 is 18.3 Å². The fraction of sp³-hybridized carbons (Fsp3) is 0.214. The van der Waals surface area contributed by atoms with E-state index in [1.165, 1.54) is 28.2 Å². The molecule has 2 aromatic rings. The molecule has 1 aromatic carbocycles. The van der Waals surface area contributed by atoms with E-state index in [9.17, 15) is 13.2 Å².